The predicted octanol–water partition coefficient (Wildman–Crippen LogP) is 1.95. The first kappa shape index (κ1) is 9.02. The SMILES string of the molecule is COc1nc2[nH]ccc2cc1C(=O)Cl. The number of H-pyrrole nitrogens is 1. The van der Waals surface area contributed by atoms with Crippen LogP contribution in [0.15, 0.2) is 18.3 Å². The molecule has 0 radical (unpaired) electrons. The maximum Gasteiger partial charge on any atom is 0.257 e. The van der Waals surface area contributed by atoms with Crippen molar-refractivity contribution in [3.8, 4) is 5.88 Å². The second kappa shape index (κ2) is 3.31. The predicted molar refractivity (Wildman–Crippen MR) is 52.8 cm³/mol. The molecule has 0 saturated carbocycles. The lowest BCUT2D eigenvalue weighted by molar-refractivity contribution is 0.107. The molecule has 4 nitrogen and oxygen atoms in total. The van der Waals surface area contributed by atoms with E-state index in [-0.39, 0.29) is 11.4 Å². The zero-order chi connectivity index (χ0) is 10.1. The van der Waals surface area contributed by atoms with Gasteiger partial charge < -0.3 is 9.72 Å². The summed E-state index contributed by atoms with van der Waals surface area (Å²) in [5, 5.41) is 0.257. The van der Waals surface area contributed by atoms with Crippen molar-refractivity contribution in [3.63, 3.8) is 0 Å². The Balaban J connectivity index is 2.72. The highest BCUT2D eigenvalue weighted by molar-refractivity contribution is 6.68. The van der Waals surface area contributed by atoms with Crippen molar-refractivity contribution in [2.45, 2.75) is 0 Å². The smallest absolute Gasteiger partial charge is 0.257 e. The number of hydrogen-bond acceptors (Lipinski definition) is 3. The Bertz CT molecular complexity index is 493. The molecular weight excluding hydrogens is 204 g/mol. The number of fused-ring (bicyclic) bond motifs is 1. The number of ether oxygens (including phenoxy) is 1. The van der Waals surface area contributed by atoms with Crippen LogP contribution in [-0.2, 0) is 0 Å². The number of carbonyl (C=O) groups excluding carboxylic acids is 1. The first-order valence-electron chi connectivity index (χ1n) is 3.94. The van der Waals surface area contributed by atoms with Crippen LogP contribution in [0.1, 0.15) is 10.4 Å². The van der Waals surface area contributed by atoms with Crippen molar-refractivity contribution in [3.05, 3.63) is 23.9 Å². The van der Waals surface area contributed by atoms with Crippen LogP contribution < -0.4 is 4.74 Å². The quantitative estimate of drug-likeness (QED) is 0.771. The summed E-state index contributed by atoms with van der Waals surface area (Å²) in [5.41, 5.74) is 0.949. The molecule has 0 unspecified atom stereocenters. The van der Waals surface area contributed by atoms with Gasteiger partial charge in [-0.1, -0.05) is 0 Å². The van der Waals surface area contributed by atoms with Gasteiger partial charge in [-0.05, 0) is 23.7 Å². The molecule has 1 N–H and O–H groups in total. The van der Waals surface area contributed by atoms with Gasteiger partial charge in [-0.15, -0.1) is 0 Å². The van der Waals surface area contributed by atoms with E-state index < -0.39 is 5.24 Å². The fourth-order valence-electron chi connectivity index (χ4n) is 1.26. The van der Waals surface area contributed by atoms with Crippen LogP contribution in [0.2, 0.25) is 0 Å². The minimum absolute atomic E-state index is 0.236. The fraction of sp³-hybridized carbons (Fsp3) is 0.111. The van der Waals surface area contributed by atoms with E-state index in [1.54, 1.807) is 12.3 Å². The lowest BCUT2D eigenvalue weighted by atomic mass is 10.2. The van der Waals surface area contributed by atoms with Crippen LogP contribution in [0.25, 0.3) is 11.0 Å². The van der Waals surface area contributed by atoms with Gasteiger partial charge >= 0.3 is 0 Å². The molecule has 0 aromatic carbocycles. The summed E-state index contributed by atoms with van der Waals surface area (Å²) in [6.07, 6.45) is 1.74. The zero-order valence-corrected chi connectivity index (χ0v) is 8.13. The van der Waals surface area contributed by atoms with Crippen molar-refractivity contribution in [2.75, 3.05) is 7.11 Å². The molecule has 72 valence electrons. The number of methoxy groups -OCH3 is 1. The summed E-state index contributed by atoms with van der Waals surface area (Å²) < 4.78 is 4.95. The number of carbonyl (C=O) groups is 1. The van der Waals surface area contributed by atoms with Crippen molar-refractivity contribution in [1.82, 2.24) is 9.97 Å². The first-order chi connectivity index (χ1) is 6.72. The second-order valence-electron chi connectivity index (χ2n) is 2.73. The monoisotopic (exact) mass is 210 g/mol. The minimum Gasteiger partial charge on any atom is -0.480 e. The maximum atomic E-state index is 11.0. The summed E-state index contributed by atoms with van der Waals surface area (Å²) in [6, 6.07) is 3.46. The molecule has 2 rings (SSSR count). The number of aromatic nitrogens is 2. The third kappa shape index (κ3) is 1.33. The topological polar surface area (TPSA) is 55.0 Å². The standard InChI is InChI=1S/C9H7ClN2O2/c1-14-9-6(7(10)13)4-5-2-3-11-8(5)12-9/h2-4H,1H3,(H,11,12). The van der Waals surface area contributed by atoms with E-state index in [0.717, 1.165) is 5.39 Å². The Kier molecular flexibility index (Phi) is 2.13. The minimum atomic E-state index is -0.572. The molecule has 2 aromatic rings. The van der Waals surface area contributed by atoms with Crippen LogP contribution in [-0.4, -0.2) is 22.3 Å². The van der Waals surface area contributed by atoms with Gasteiger partial charge in [0.25, 0.3) is 5.24 Å². The number of pyridine rings is 1. The molecule has 2 aromatic heterocycles. The van der Waals surface area contributed by atoms with Crippen LogP contribution in [0, 0.1) is 0 Å². The lowest BCUT2D eigenvalue weighted by Gasteiger charge is -2.02. The Morgan fingerprint density at radius 2 is 2.43 bits per heavy atom. The zero-order valence-electron chi connectivity index (χ0n) is 7.37. The Morgan fingerprint density at radius 1 is 1.64 bits per heavy atom. The van der Waals surface area contributed by atoms with E-state index in [4.69, 9.17) is 16.3 Å². The third-order valence-electron chi connectivity index (χ3n) is 1.91. The second-order valence-corrected chi connectivity index (χ2v) is 3.08. The van der Waals surface area contributed by atoms with Gasteiger partial charge in [0.15, 0.2) is 0 Å². The average molecular weight is 211 g/mol. The number of rotatable bonds is 2. The number of hydrogen-bond donors (Lipinski definition) is 1. The lowest BCUT2D eigenvalue weighted by Crippen LogP contribution is -1.98. The molecule has 0 aliphatic carbocycles. The van der Waals surface area contributed by atoms with E-state index in [1.807, 2.05) is 6.07 Å². The van der Waals surface area contributed by atoms with Gasteiger partial charge in [-0.25, -0.2) is 0 Å². The number of aromatic amines is 1. The fourth-order valence-corrected chi connectivity index (χ4v) is 1.40. The molecule has 0 aliphatic heterocycles. The molecule has 0 atom stereocenters. The van der Waals surface area contributed by atoms with E-state index in [9.17, 15) is 4.79 Å². The van der Waals surface area contributed by atoms with Gasteiger partial charge in [0.1, 0.15) is 5.65 Å². The summed E-state index contributed by atoms with van der Waals surface area (Å²) in [7, 11) is 1.44. The third-order valence-corrected chi connectivity index (χ3v) is 2.11. The van der Waals surface area contributed by atoms with E-state index >= 15 is 0 Å². The highest BCUT2D eigenvalue weighted by atomic mass is 35.5. The van der Waals surface area contributed by atoms with Crippen LogP contribution >= 0.6 is 11.6 Å². The average Bonchev–Trinajstić information content (AvgIpc) is 2.62. The molecule has 0 amide bonds. The summed E-state index contributed by atoms with van der Waals surface area (Å²) in [4.78, 5) is 18.0. The largest absolute Gasteiger partial charge is 0.480 e. The van der Waals surface area contributed by atoms with Crippen LogP contribution in [0.5, 0.6) is 5.88 Å². The molecule has 14 heavy (non-hydrogen) atoms. The molecular formula is C9H7ClN2O2. The summed E-state index contributed by atoms with van der Waals surface area (Å²) >= 11 is 5.39. The molecule has 2 heterocycles. The summed E-state index contributed by atoms with van der Waals surface area (Å²) in [6.45, 7) is 0. The Hall–Kier alpha value is -1.55. The van der Waals surface area contributed by atoms with Crippen molar-refractivity contribution in [1.29, 1.82) is 0 Å². The van der Waals surface area contributed by atoms with Gasteiger partial charge in [-0.2, -0.15) is 4.98 Å². The number of nitrogens with zero attached hydrogens (tertiary/aromatic N) is 1. The maximum absolute atomic E-state index is 11.0. The Labute approximate surface area is 84.9 Å². The van der Waals surface area contributed by atoms with Gasteiger partial charge in [-0.3, -0.25) is 4.79 Å². The molecule has 0 spiro atoms. The van der Waals surface area contributed by atoms with Gasteiger partial charge in [0.2, 0.25) is 5.88 Å². The highest BCUT2D eigenvalue weighted by Gasteiger charge is 2.13. The van der Waals surface area contributed by atoms with Crippen molar-refractivity contribution >= 4 is 27.9 Å². The first-order valence-corrected chi connectivity index (χ1v) is 4.32. The highest BCUT2D eigenvalue weighted by Crippen LogP contribution is 2.22. The molecule has 0 saturated heterocycles. The van der Waals surface area contributed by atoms with Gasteiger partial charge in [0.05, 0.1) is 12.7 Å². The molecule has 5 heteroatoms. The van der Waals surface area contributed by atoms with Crippen LogP contribution in [0.4, 0.5) is 0 Å². The Morgan fingerprint density at radius 3 is 3.07 bits per heavy atom. The normalized spacial score (nSPS) is 10.4. The van der Waals surface area contributed by atoms with Gasteiger partial charge in [0, 0.05) is 11.6 Å². The van der Waals surface area contributed by atoms with E-state index in [1.165, 1.54) is 7.11 Å². The van der Waals surface area contributed by atoms with E-state index in [2.05, 4.69) is 9.97 Å². The molecule has 0 bridgehead atoms. The molecule has 0 aliphatic rings. The summed E-state index contributed by atoms with van der Waals surface area (Å²) in [5.74, 6) is 0.236. The van der Waals surface area contributed by atoms with E-state index in [0.29, 0.717) is 5.65 Å². The number of nitrogens with one attached hydrogen (secondary N) is 1. The van der Waals surface area contributed by atoms with Crippen molar-refractivity contribution in [2.24, 2.45) is 0 Å². The van der Waals surface area contributed by atoms with Crippen LogP contribution in [0.3, 0.4) is 0 Å². The molecule has 0 fully saturated rings. The number of halogens is 1. The van der Waals surface area contributed by atoms with Crippen molar-refractivity contribution < 1.29 is 9.53 Å².